The summed E-state index contributed by atoms with van der Waals surface area (Å²) in [6, 6.07) is 6.77. The van der Waals surface area contributed by atoms with Crippen molar-refractivity contribution in [2.24, 2.45) is 16.8 Å². The number of carbonyl (C=O) groups excluding carboxylic acids is 2. The van der Waals surface area contributed by atoms with E-state index in [1.54, 1.807) is 4.90 Å². The molecule has 4 aliphatic rings. The molecule has 1 atom stereocenters. The number of piperidine rings is 1. The van der Waals surface area contributed by atoms with Crippen molar-refractivity contribution in [1.29, 1.82) is 0 Å². The molecule has 4 heterocycles. The van der Waals surface area contributed by atoms with Gasteiger partial charge < -0.3 is 19.3 Å². The molecule has 0 bridgehead atoms. The van der Waals surface area contributed by atoms with Gasteiger partial charge in [0.05, 0.1) is 18.8 Å². The fourth-order valence-electron chi connectivity index (χ4n) is 5.37. The van der Waals surface area contributed by atoms with Crippen LogP contribution in [0.25, 0.3) is 0 Å². The van der Waals surface area contributed by atoms with E-state index in [4.69, 9.17) is 9.47 Å². The molecule has 1 aromatic rings. The number of hydrogen-bond acceptors (Lipinski definition) is 6. The molecule has 0 radical (unpaired) electrons. The molecule has 2 fully saturated rings. The third-order valence-electron chi connectivity index (χ3n) is 7.61. The summed E-state index contributed by atoms with van der Waals surface area (Å²) in [5.74, 6) is 1.22. The van der Waals surface area contributed by atoms with E-state index in [2.05, 4.69) is 29.8 Å². The van der Waals surface area contributed by atoms with Gasteiger partial charge in [-0.1, -0.05) is 13.8 Å². The fourth-order valence-corrected chi connectivity index (χ4v) is 5.37. The second-order valence-electron chi connectivity index (χ2n) is 10.2. The lowest BCUT2D eigenvalue weighted by Crippen LogP contribution is -2.40. The van der Waals surface area contributed by atoms with Crippen LogP contribution in [0.5, 0.6) is 0 Å². The number of hydrogen-bond donors (Lipinski definition) is 0. The fraction of sp³-hybridized carbons (Fsp3) is 0.654. The first-order valence-corrected chi connectivity index (χ1v) is 12.8. The van der Waals surface area contributed by atoms with E-state index < -0.39 is 0 Å². The maximum absolute atomic E-state index is 12.8. The molecular weight excluding hydrogens is 432 g/mol. The van der Waals surface area contributed by atoms with Gasteiger partial charge in [0.1, 0.15) is 6.10 Å². The second-order valence-corrected chi connectivity index (χ2v) is 10.2. The zero-order valence-electron chi connectivity index (χ0n) is 20.4. The lowest BCUT2D eigenvalue weighted by atomic mass is 9.94. The SMILES string of the molecule is CC(C)C1CN=C(N2CCC(CCOC(=O)N3CCc4cc(N5CCCC5=O)ccc43)CC2)O1. The Morgan fingerprint density at radius 1 is 1.18 bits per heavy atom. The summed E-state index contributed by atoms with van der Waals surface area (Å²) in [4.78, 5) is 35.2. The van der Waals surface area contributed by atoms with Crippen molar-refractivity contribution in [3.05, 3.63) is 23.8 Å². The zero-order chi connectivity index (χ0) is 23.7. The van der Waals surface area contributed by atoms with Gasteiger partial charge in [0.25, 0.3) is 6.02 Å². The van der Waals surface area contributed by atoms with Crippen molar-refractivity contribution in [3.63, 3.8) is 0 Å². The summed E-state index contributed by atoms with van der Waals surface area (Å²) in [5.41, 5.74) is 2.96. The molecule has 2 amide bonds. The van der Waals surface area contributed by atoms with E-state index in [1.807, 2.05) is 17.0 Å². The van der Waals surface area contributed by atoms with Gasteiger partial charge in [-0.15, -0.1) is 0 Å². The number of fused-ring (bicyclic) bond motifs is 1. The van der Waals surface area contributed by atoms with Crippen LogP contribution in [0, 0.1) is 11.8 Å². The van der Waals surface area contributed by atoms with E-state index in [9.17, 15) is 9.59 Å². The zero-order valence-corrected chi connectivity index (χ0v) is 20.4. The average molecular weight is 469 g/mol. The normalized spacial score (nSPS) is 22.9. The van der Waals surface area contributed by atoms with Crippen LogP contribution >= 0.6 is 0 Å². The van der Waals surface area contributed by atoms with Gasteiger partial charge in [0, 0.05) is 38.3 Å². The molecule has 34 heavy (non-hydrogen) atoms. The number of anilines is 2. The molecule has 0 spiro atoms. The van der Waals surface area contributed by atoms with Crippen LogP contribution in [-0.4, -0.2) is 68.4 Å². The minimum Gasteiger partial charge on any atom is -0.460 e. The average Bonchev–Trinajstić information content (AvgIpc) is 3.58. The molecular formula is C26H36N4O4. The lowest BCUT2D eigenvalue weighted by molar-refractivity contribution is -0.117. The van der Waals surface area contributed by atoms with Crippen LogP contribution in [0.15, 0.2) is 23.2 Å². The van der Waals surface area contributed by atoms with Gasteiger partial charge in [-0.2, -0.15) is 0 Å². The Kier molecular flexibility index (Phi) is 6.66. The maximum atomic E-state index is 12.8. The summed E-state index contributed by atoms with van der Waals surface area (Å²) in [5, 5.41) is 0. The van der Waals surface area contributed by atoms with Gasteiger partial charge in [-0.25, -0.2) is 9.79 Å². The van der Waals surface area contributed by atoms with E-state index in [0.29, 0.717) is 31.4 Å². The number of aliphatic imine (C=N–C) groups is 1. The third-order valence-corrected chi connectivity index (χ3v) is 7.61. The summed E-state index contributed by atoms with van der Waals surface area (Å²) < 4.78 is 11.7. The molecule has 1 unspecified atom stereocenters. The van der Waals surface area contributed by atoms with Crippen LogP contribution in [0.1, 0.15) is 51.5 Å². The van der Waals surface area contributed by atoms with Gasteiger partial charge in [0.15, 0.2) is 0 Å². The molecule has 5 rings (SSSR count). The molecule has 0 saturated carbocycles. The quantitative estimate of drug-likeness (QED) is 0.657. The minimum atomic E-state index is -0.269. The third kappa shape index (κ3) is 4.72. The molecule has 2 saturated heterocycles. The summed E-state index contributed by atoms with van der Waals surface area (Å²) >= 11 is 0. The first-order valence-electron chi connectivity index (χ1n) is 12.8. The first-order chi connectivity index (χ1) is 16.5. The van der Waals surface area contributed by atoms with Crippen molar-refractivity contribution in [3.8, 4) is 0 Å². The monoisotopic (exact) mass is 468 g/mol. The van der Waals surface area contributed by atoms with Crippen molar-refractivity contribution in [1.82, 2.24) is 4.90 Å². The maximum Gasteiger partial charge on any atom is 0.414 e. The Morgan fingerprint density at radius 2 is 2.00 bits per heavy atom. The number of carbonyl (C=O) groups is 2. The summed E-state index contributed by atoms with van der Waals surface area (Å²) in [6.07, 6.45) is 5.28. The highest BCUT2D eigenvalue weighted by atomic mass is 16.6. The van der Waals surface area contributed by atoms with Crippen molar-refractivity contribution in [2.45, 2.75) is 58.5 Å². The van der Waals surface area contributed by atoms with Gasteiger partial charge >= 0.3 is 6.09 Å². The van der Waals surface area contributed by atoms with E-state index >= 15 is 0 Å². The molecule has 184 valence electrons. The number of amides is 2. The van der Waals surface area contributed by atoms with Gasteiger partial charge in [-0.05, 0) is 67.7 Å². The molecule has 0 N–H and O–H groups in total. The Bertz CT molecular complexity index is 954. The second kappa shape index (κ2) is 9.84. The van der Waals surface area contributed by atoms with Gasteiger partial charge in [0.2, 0.25) is 5.91 Å². The van der Waals surface area contributed by atoms with Crippen LogP contribution in [0.4, 0.5) is 16.2 Å². The first kappa shape index (κ1) is 23.0. The van der Waals surface area contributed by atoms with Crippen LogP contribution in [0.2, 0.25) is 0 Å². The highest BCUT2D eigenvalue weighted by molar-refractivity contribution is 5.96. The number of benzene rings is 1. The highest BCUT2D eigenvalue weighted by Crippen LogP contribution is 2.33. The Balaban J connectivity index is 1.06. The lowest BCUT2D eigenvalue weighted by Gasteiger charge is -2.33. The van der Waals surface area contributed by atoms with Gasteiger partial charge in [-0.3, -0.25) is 9.69 Å². The number of ether oxygens (including phenoxy) is 2. The van der Waals surface area contributed by atoms with E-state index in [0.717, 1.165) is 81.2 Å². The smallest absolute Gasteiger partial charge is 0.414 e. The van der Waals surface area contributed by atoms with Crippen molar-refractivity contribution in [2.75, 3.05) is 49.1 Å². The molecule has 1 aromatic carbocycles. The standard InChI is InChI=1S/C26H36N4O4/c1-18(2)23-17-27-25(34-23)28-12-7-19(8-13-28)10-15-33-26(32)30-14-9-20-16-21(5-6-22(20)30)29-11-3-4-24(29)31/h5-6,16,18-19,23H,3-4,7-15,17H2,1-2H3. The number of amidine groups is 1. The predicted molar refractivity (Wildman–Crippen MR) is 131 cm³/mol. The Morgan fingerprint density at radius 3 is 2.71 bits per heavy atom. The largest absolute Gasteiger partial charge is 0.460 e. The highest BCUT2D eigenvalue weighted by Gasteiger charge is 2.31. The molecule has 0 aliphatic carbocycles. The van der Waals surface area contributed by atoms with E-state index in [1.165, 1.54) is 0 Å². The Hall–Kier alpha value is -2.77. The van der Waals surface area contributed by atoms with Crippen LogP contribution in [0.3, 0.4) is 0 Å². The minimum absolute atomic E-state index is 0.184. The van der Waals surface area contributed by atoms with Crippen molar-refractivity contribution < 1.29 is 19.1 Å². The van der Waals surface area contributed by atoms with E-state index in [-0.39, 0.29) is 18.1 Å². The Labute approximate surface area is 201 Å². The topological polar surface area (TPSA) is 74.7 Å². The number of nitrogens with zero attached hydrogens (tertiary/aromatic N) is 4. The molecule has 4 aliphatic heterocycles. The predicted octanol–water partition coefficient (Wildman–Crippen LogP) is 3.83. The number of rotatable bonds is 5. The number of likely N-dealkylation sites (tertiary alicyclic amines) is 1. The summed E-state index contributed by atoms with van der Waals surface area (Å²) in [7, 11) is 0. The molecule has 8 heteroatoms. The summed E-state index contributed by atoms with van der Waals surface area (Å²) in [6.45, 7) is 8.86. The van der Waals surface area contributed by atoms with Crippen molar-refractivity contribution >= 4 is 29.4 Å². The molecule has 0 aromatic heterocycles. The molecule has 8 nitrogen and oxygen atoms in total. The van der Waals surface area contributed by atoms with Crippen LogP contribution < -0.4 is 9.80 Å². The van der Waals surface area contributed by atoms with Crippen LogP contribution in [-0.2, 0) is 20.7 Å².